The van der Waals surface area contributed by atoms with Crippen LogP contribution in [-0.2, 0) is 10.0 Å². The normalized spacial score (nSPS) is 10.9. The topological polar surface area (TPSA) is 92.3 Å². The van der Waals surface area contributed by atoms with Crippen LogP contribution in [0.4, 0.5) is 5.69 Å². The van der Waals surface area contributed by atoms with Crippen LogP contribution in [0.3, 0.4) is 0 Å². The average molecular weight is 358 g/mol. The molecule has 7 heteroatoms. The largest absolute Gasteiger partial charge is 0.322 e. The molecule has 0 radical (unpaired) electrons. The molecule has 0 saturated heterocycles. The standard InChI is InChI=1S/C18H18N2O4S/c1-3-11-19-25(23,24)17-9-7-14(8-10-17)18(22)20-16-6-4-5-15(12-16)13(2)21/h3-10,12,19H,1,11H2,2H3,(H,20,22). The summed E-state index contributed by atoms with van der Waals surface area (Å²) in [7, 11) is -3.63. The van der Waals surface area contributed by atoms with Gasteiger partial charge in [0.15, 0.2) is 5.78 Å². The van der Waals surface area contributed by atoms with Gasteiger partial charge >= 0.3 is 0 Å². The highest BCUT2D eigenvalue weighted by Gasteiger charge is 2.14. The van der Waals surface area contributed by atoms with Crippen LogP contribution in [-0.4, -0.2) is 26.7 Å². The van der Waals surface area contributed by atoms with Gasteiger partial charge in [0.2, 0.25) is 10.0 Å². The smallest absolute Gasteiger partial charge is 0.255 e. The number of sulfonamides is 1. The van der Waals surface area contributed by atoms with E-state index in [1.807, 2.05) is 0 Å². The zero-order valence-electron chi connectivity index (χ0n) is 13.7. The number of hydrogen-bond acceptors (Lipinski definition) is 4. The maximum absolute atomic E-state index is 12.3. The second-order valence-corrected chi connectivity index (χ2v) is 7.02. The molecule has 0 aliphatic rings. The van der Waals surface area contributed by atoms with Crippen molar-refractivity contribution in [3.05, 3.63) is 72.3 Å². The first kappa shape index (κ1) is 18.6. The van der Waals surface area contributed by atoms with Crippen LogP contribution in [0.1, 0.15) is 27.6 Å². The van der Waals surface area contributed by atoms with Gasteiger partial charge in [-0.2, -0.15) is 0 Å². The van der Waals surface area contributed by atoms with E-state index >= 15 is 0 Å². The molecule has 0 aliphatic heterocycles. The first-order valence-electron chi connectivity index (χ1n) is 7.46. The molecule has 2 N–H and O–H groups in total. The highest BCUT2D eigenvalue weighted by molar-refractivity contribution is 7.89. The maximum atomic E-state index is 12.3. The third kappa shape index (κ3) is 4.85. The number of carbonyl (C=O) groups is 2. The minimum atomic E-state index is -3.63. The number of amides is 1. The summed E-state index contributed by atoms with van der Waals surface area (Å²) < 4.78 is 26.3. The molecule has 2 aromatic carbocycles. The highest BCUT2D eigenvalue weighted by Crippen LogP contribution is 2.15. The highest BCUT2D eigenvalue weighted by atomic mass is 32.2. The third-order valence-corrected chi connectivity index (χ3v) is 4.81. The van der Waals surface area contributed by atoms with Gasteiger partial charge < -0.3 is 5.32 Å². The van der Waals surface area contributed by atoms with E-state index < -0.39 is 15.9 Å². The summed E-state index contributed by atoms with van der Waals surface area (Å²) in [6.07, 6.45) is 1.44. The Morgan fingerprint density at radius 2 is 1.76 bits per heavy atom. The number of Topliss-reactive ketones (excluding diaryl/α,β-unsaturated/α-hetero) is 1. The van der Waals surface area contributed by atoms with E-state index in [9.17, 15) is 18.0 Å². The number of hydrogen-bond donors (Lipinski definition) is 2. The summed E-state index contributed by atoms with van der Waals surface area (Å²) in [6.45, 7) is 5.02. The van der Waals surface area contributed by atoms with Crippen molar-refractivity contribution in [2.75, 3.05) is 11.9 Å². The van der Waals surface area contributed by atoms with E-state index in [4.69, 9.17) is 0 Å². The van der Waals surface area contributed by atoms with Crippen LogP contribution in [0.25, 0.3) is 0 Å². The average Bonchev–Trinajstić information content (AvgIpc) is 2.60. The van der Waals surface area contributed by atoms with Crippen molar-refractivity contribution in [3.63, 3.8) is 0 Å². The number of benzene rings is 2. The van der Waals surface area contributed by atoms with Gasteiger partial charge in [0, 0.05) is 23.4 Å². The van der Waals surface area contributed by atoms with E-state index in [2.05, 4.69) is 16.6 Å². The minimum Gasteiger partial charge on any atom is -0.322 e. The van der Waals surface area contributed by atoms with Crippen LogP contribution in [0.2, 0.25) is 0 Å². The molecule has 0 aromatic heterocycles. The van der Waals surface area contributed by atoms with E-state index in [-0.39, 0.29) is 17.2 Å². The Morgan fingerprint density at radius 1 is 1.08 bits per heavy atom. The van der Waals surface area contributed by atoms with Crippen molar-refractivity contribution < 1.29 is 18.0 Å². The van der Waals surface area contributed by atoms with E-state index in [0.717, 1.165) is 0 Å². The fourth-order valence-electron chi connectivity index (χ4n) is 2.06. The van der Waals surface area contributed by atoms with Crippen LogP contribution in [0, 0.1) is 0 Å². The van der Waals surface area contributed by atoms with Crippen LogP contribution < -0.4 is 10.0 Å². The van der Waals surface area contributed by atoms with E-state index in [0.29, 0.717) is 16.8 Å². The molecule has 0 aliphatic carbocycles. The lowest BCUT2D eigenvalue weighted by atomic mass is 10.1. The van der Waals surface area contributed by atoms with E-state index in [1.165, 1.54) is 37.3 Å². The fraction of sp³-hybridized carbons (Fsp3) is 0.111. The molecular weight excluding hydrogens is 340 g/mol. The summed E-state index contributed by atoms with van der Waals surface area (Å²) in [4.78, 5) is 23.7. The van der Waals surface area contributed by atoms with Crippen molar-refractivity contribution >= 4 is 27.4 Å². The van der Waals surface area contributed by atoms with Crippen molar-refractivity contribution in [1.82, 2.24) is 4.72 Å². The lowest BCUT2D eigenvalue weighted by Crippen LogP contribution is -2.23. The van der Waals surface area contributed by atoms with Crippen LogP contribution >= 0.6 is 0 Å². The molecule has 0 atom stereocenters. The first-order valence-corrected chi connectivity index (χ1v) is 8.95. The Morgan fingerprint density at radius 3 is 2.36 bits per heavy atom. The number of rotatable bonds is 7. The number of ketones is 1. The molecule has 6 nitrogen and oxygen atoms in total. The molecule has 0 heterocycles. The predicted octanol–water partition coefficient (Wildman–Crippen LogP) is 2.61. The van der Waals surface area contributed by atoms with Gasteiger partial charge in [0.05, 0.1) is 4.90 Å². The van der Waals surface area contributed by atoms with Crippen molar-refractivity contribution in [2.45, 2.75) is 11.8 Å². The van der Waals surface area contributed by atoms with Gasteiger partial charge in [-0.05, 0) is 43.3 Å². The second kappa shape index (κ2) is 7.87. The SMILES string of the molecule is C=CCNS(=O)(=O)c1ccc(C(=O)Nc2cccc(C(C)=O)c2)cc1. The Bertz CT molecular complexity index is 903. The maximum Gasteiger partial charge on any atom is 0.255 e. The second-order valence-electron chi connectivity index (χ2n) is 5.26. The van der Waals surface area contributed by atoms with Crippen LogP contribution in [0.5, 0.6) is 0 Å². The summed E-state index contributed by atoms with van der Waals surface area (Å²) >= 11 is 0. The molecule has 0 spiro atoms. The van der Waals surface area contributed by atoms with Gasteiger partial charge in [-0.15, -0.1) is 6.58 Å². The molecule has 2 rings (SSSR count). The zero-order valence-corrected chi connectivity index (χ0v) is 14.5. The molecule has 1 amide bonds. The lowest BCUT2D eigenvalue weighted by molar-refractivity contribution is 0.101. The van der Waals surface area contributed by atoms with Crippen molar-refractivity contribution in [3.8, 4) is 0 Å². The number of carbonyl (C=O) groups excluding carboxylic acids is 2. The minimum absolute atomic E-state index is 0.0597. The van der Waals surface area contributed by atoms with Gasteiger partial charge in [0.25, 0.3) is 5.91 Å². The monoisotopic (exact) mass is 358 g/mol. The fourth-order valence-corrected chi connectivity index (χ4v) is 3.05. The first-order chi connectivity index (χ1) is 11.8. The van der Waals surface area contributed by atoms with E-state index in [1.54, 1.807) is 24.3 Å². The van der Waals surface area contributed by atoms with Gasteiger partial charge in [0.1, 0.15) is 0 Å². The Balaban J connectivity index is 2.14. The summed E-state index contributed by atoms with van der Waals surface area (Å²) in [5, 5.41) is 2.68. The van der Waals surface area contributed by atoms with Crippen molar-refractivity contribution in [2.24, 2.45) is 0 Å². The molecule has 0 fully saturated rings. The van der Waals surface area contributed by atoms with Crippen molar-refractivity contribution in [1.29, 1.82) is 0 Å². The third-order valence-electron chi connectivity index (χ3n) is 3.37. The molecular formula is C18H18N2O4S. The lowest BCUT2D eigenvalue weighted by Gasteiger charge is -2.08. The van der Waals surface area contributed by atoms with Gasteiger partial charge in [-0.3, -0.25) is 9.59 Å². The zero-order chi connectivity index (χ0) is 18.4. The van der Waals surface area contributed by atoms with Gasteiger partial charge in [-0.1, -0.05) is 18.2 Å². The Kier molecular flexibility index (Phi) is 5.84. The summed E-state index contributed by atoms with van der Waals surface area (Å²) in [5.41, 5.74) is 1.28. The molecule has 2 aromatic rings. The Hall–Kier alpha value is -2.77. The predicted molar refractivity (Wildman–Crippen MR) is 96.2 cm³/mol. The Labute approximate surface area is 146 Å². The summed E-state index contributed by atoms with van der Waals surface area (Å²) in [6, 6.07) is 12.1. The molecule has 25 heavy (non-hydrogen) atoms. The molecule has 0 bridgehead atoms. The molecule has 0 saturated carbocycles. The number of nitrogens with one attached hydrogen (secondary N) is 2. The summed E-state index contributed by atoms with van der Waals surface area (Å²) in [5.74, 6) is -0.499. The molecule has 130 valence electrons. The van der Waals surface area contributed by atoms with Gasteiger partial charge in [-0.25, -0.2) is 13.1 Å². The molecule has 0 unspecified atom stereocenters. The quantitative estimate of drug-likeness (QED) is 0.588. The number of anilines is 1. The van der Waals surface area contributed by atoms with Crippen LogP contribution in [0.15, 0.2) is 66.1 Å².